The van der Waals surface area contributed by atoms with Gasteiger partial charge in [0.1, 0.15) is 11.3 Å². The Kier molecular flexibility index (Phi) is 5.65. The largest absolute Gasteiger partial charge is 0.507 e. The fourth-order valence-corrected chi connectivity index (χ4v) is 2.30. The summed E-state index contributed by atoms with van der Waals surface area (Å²) >= 11 is 1.60. The van der Waals surface area contributed by atoms with Crippen molar-refractivity contribution in [2.75, 3.05) is 18.2 Å². The molecule has 1 amide bonds. The Morgan fingerprint density at radius 1 is 1.17 bits per heavy atom. The van der Waals surface area contributed by atoms with E-state index in [1.807, 2.05) is 18.4 Å². The SMILES string of the molecule is CSc1ccc(NC(=O)COC(=O)c2cc(C)ccc2O)cc1. The summed E-state index contributed by atoms with van der Waals surface area (Å²) < 4.78 is 4.93. The number of ether oxygens (including phenoxy) is 1. The third-order valence-electron chi connectivity index (χ3n) is 3.08. The van der Waals surface area contributed by atoms with Crippen molar-refractivity contribution in [3.8, 4) is 5.75 Å². The fraction of sp³-hybridized carbons (Fsp3) is 0.176. The Balaban J connectivity index is 1.90. The van der Waals surface area contributed by atoms with Gasteiger partial charge in [0.25, 0.3) is 5.91 Å². The molecule has 23 heavy (non-hydrogen) atoms. The quantitative estimate of drug-likeness (QED) is 0.650. The van der Waals surface area contributed by atoms with Crippen LogP contribution in [0.3, 0.4) is 0 Å². The zero-order valence-corrected chi connectivity index (χ0v) is 13.6. The van der Waals surface area contributed by atoms with Crippen LogP contribution in [0.4, 0.5) is 5.69 Å². The lowest BCUT2D eigenvalue weighted by atomic mass is 10.1. The number of rotatable bonds is 5. The van der Waals surface area contributed by atoms with Crippen molar-refractivity contribution >= 4 is 29.3 Å². The molecular weight excluding hydrogens is 314 g/mol. The lowest BCUT2D eigenvalue weighted by Gasteiger charge is -2.08. The maximum absolute atomic E-state index is 11.9. The Bertz CT molecular complexity index is 713. The van der Waals surface area contributed by atoms with E-state index in [1.165, 1.54) is 12.1 Å². The summed E-state index contributed by atoms with van der Waals surface area (Å²) in [6, 6.07) is 11.9. The number of esters is 1. The second-order valence-electron chi connectivity index (χ2n) is 4.87. The van der Waals surface area contributed by atoms with E-state index in [-0.39, 0.29) is 11.3 Å². The molecule has 2 aromatic rings. The van der Waals surface area contributed by atoms with E-state index in [2.05, 4.69) is 5.32 Å². The number of hydrogen-bond donors (Lipinski definition) is 2. The van der Waals surface area contributed by atoms with Crippen LogP contribution in [0.1, 0.15) is 15.9 Å². The summed E-state index contributed by atoms with van der Waals surface area (Å²) in [5, 5.41) is 12.3. The van der Waals surface area contributed by atoms with E-state index in [0.29, 0.717) is 5.69 Å². The van der Waals surface area contributed by atoms with E-state index in [1.54, 1.807) is 36.9 Å². The standard InChI is InChI=1S/C17H17NO4S/c1-11-3-8-15(19)14(9-11)17(21)22-10-16(20)18-12-4-6-13(23-2)7-5-12/h3-9,19H,10H2,1-2H3,(H,18,20). The molecule has 0 saturated heterocycles. The highest BCUT2D eigenvalue weighted by atomic mass is 32.2. The minimum atomic E-state index is -0.737. The summed E-state index contributed by atoms with van der Waals surface area (Å²) in [5.74, 6) is -1.35. The van der Waals surface area contributed by atoms with Crippen LogP contribution in [-0.4, -0.2) is 29.8 Å². The lowest BCUT2D eigenvalue weighted by molar-refractivity contribution is -0.119. The molecule has 0 saturated carbocycles. The van der Waals surface area contributed by atoms with E-state index >= 15 is 0 Å². The number of aryl methyl sites for hydroxylation is 1. The third kappa shape index (κ3) is 4.75. The van der Waals surface area contributed by atoms with Gasteiger partial charge in [-0.2, -0.15) is 0 Å². The van der Waals surface area contributed by atoms with Crippen molar-refractivity contribution in [1.82, 2.24) is 0 Å². The van der Waals surface area contributed by atoms with Gasteiger partial charge < -0.3 is 15.2 Å². The molecule has 5 nitrogen and oxygen atoms in total. The average Bonchev–Trinajstić information content (AvgIpc) is 2.55. The van der Waals surface area contributed by atoms with E-state index in [0.717, 1.165) is 10.5 Å². The number of nitrogens with one attached hydrogen (secondary N) is 1. The number of carbonyl (C=O) groups is 2. The van der Waals surface area contributed by atoms with Crippen LogP contribution in [0.5, 0.6) is 5.75 Å². The summed E-state index contributed by atoms with van der Waals surface area (Å²) in [5.41, 5.74) is 1.48. The predicted octanol–water partition coefficient (Wildman–Crippen LogP) is 3.22. The molecule has 0 fully saturated rings. The van der Waals surface area contributed by atoms with Gasteiger partial charge in [0.2, 0.25) is 0 Å². The van der Waals surface area contributed by atoms with Crippen LogP contribution in [0, 0.1) is 6.92 Å². The van der Waals surface area contributed by atoms with E-state index in [9.17, 15) is 14.7 Å². The molecule has 2 N–H and O–H groups in total. The van der Waals surface area contributed by atoms with Crippen molar-refractivity contribution < 1.29 is 19.4 Å². The first-order valence-electron chi connectivity index (χ1n) is 6.90. The molecule has 0 unspecified atom stereocenters. The van der Waals surface area contributed by atoms with Crippen LogP contribution in [-0.2, 0) is 9.53 Å². The molecule has 0 aliphatic rings. The summed E-state index contributed by atoms with van der Waals surface area (Å²) in [7, 11) is 0. The molecular formula is C17H17NO4S. The number of phenols is 1. The zero-order valence-electron chi connectivity index (χ0n) is 12.8. The Morgan fingerprint density at radius 2 is 1.87 bits per heavy atom. The lowest BCUT2D eigenvalue weighted by Crippen LogP contribution is -2.21. The first-order chi connectivity index (χ1) is 11.0. The van der Waals surface area contributed by atoms with Gasteiger partial charge >= 0.3 is 5.97 Å². The van der Waals surface area contributed by atoms with Crippen LogP contribution >= 0.6 is 11.8 Å². The number of benzene rings is 2. The zero-order chi connectivity index (χ0) is 16.8. The number of amides is 1. The maximum atomic E-state index is 11.9. The van der Waals surface area contributed by atoms with Gasteiger partial charge in [0, 0.05) is 10.6 Å². The van der Waals surface area contributed by atoms with Gasteiger partial charge in [0.05, 0.1) is 0 Å². The molecule has 0 heterocycles. The molecule has 2 rings (SSSR count). The van der Waals surface area contributed by atoms with Crippen LogP contribution in [0.15, 0.2) is 47.4 Å². The smallest absolute Gasteiger partial charge is 0.342 e. The van der Waals surface area contributed by atoms with E-state index in [4.69, 9.17) is 4.74 Å². The van der Waals surface area contributed by atoms with E-state index < -0.39 is 18.5 Å². The van der Waals surface area contributed by atoms with Gasteiger partial charge in [-0.15, -0.1) is 11.8 Å². The topological polar surface area (TPSA) is 75.6 Å². The van der Waals surface area contributed by atoms with Crippen molar-refractivity contribution in [2.45, 2.75) is 11.8 Å². The first kappa shape index (κ1) is 16.9. The third-order valence-corrected chi connectivity index (χ3v) is 3.82. The Hall–Kier alpha value is -2.47. The summed E-state index contributed by atoms with van der Waals surface area (Å²) in [4.78, 5) is 24.8. The molecule has 0 atom stereocenters. The van der Waals surface area contributed by atoms with Gasteiger partial charge in [-0.3, -0.25) is 4.79 Å². The van der Waals surface area contributed by atoms with Crippen LogP contribution < -0.4 is 5.32 Å². The first-order valence-corrected chi connectivity index (χ1v) is 8.12. The Labute approximate surface area is 138 Å². The molecule has 120 valence electrons. The molecule has 2 aromatic carbocycles. The maximum Gasteiger partial charge on any atom is 0.342 e. The molecule has 0 aliphatic carbocycles. The van der Waals surface area contributed by atoms with Crippen LogP contribution in [0.25, 0.3) is 0 Å². The second-order valence-corrected chi connectivity index (χ2v) is 5.75. The highest BCUT2D eigenvalue weighted by Gasteiger charge is 2.14. The molecule has 0 spiro atoms. The minimum Gasteiger partial charge on any atom is -0.507 e. The van der Waals surface area contributed by atoms with Gasteiger partial charge in [-0.05, 0) is 49.6 Å². The van der Waals surface area contributed by atoms with Crippen molar-refractivity contribution in [2.24, 2.45) is 0 Å². The number of phenolic OH excluding ortho intramolecular Hbond substituents is 1. The van der Waals surface area contributed by atoms with Gasteiger partial charge in [-0.25, -0.2) is 4.79 Å². The van der Waals surface area contributed by atoms with Crippen molar-refractivity contribution in [1.29, 1.82) is 0 Å². The molecule has 0 aliphatic heterocycles. The average molecular weight is 331 g/mol. The fourth-order valence-electron chi connectivity index (χ4n) is 1.89. The number of thioether (sulfide) groups is 1. The minimum absolute atomic E-state index is 0.0436. The van der Waals surface area contributed by atoms with Gasteiger partial charge in [-0.1, -0.05) is 11.6 Å². The summed E-state index contributed by atoms with van der Waals surface area (Å²) in [6.07, 6.45) is 1.97. The number of anilines is 1. The number of aromatic hydroxyl groups is 1. The van der Waals surface area contributed by atoms with Crippen LogP contribution in [0.2, 0.25) is 0 Å². The van der Waals surface area contributed by atoms with Crippen molar-refractivity contribution in [3.05, 3.63) is 53.6 Å². The monoisotopic (exact) mass is 331 g/mol. The molecule has 6 heteroatoms. The van der Waals surface area contributed by atoms with Gasteiger partial charge in [0.15, 0.2) is 6.61 Å². The summed E-state index contributed by atoms with van der Waals surface area (Å²) in [6.45, 7) is 1.37. The predicted molar refractivity (Wildman–Crippen MR) is 90.0 cm³/mol. The number of carbonyl (C=O) groups excluding carboxylic acids is 2. The van der Waals surface area contributed by atoms with Crippen molar-refractivity contribution in [3.63, 3.8) is 0 Å². The molecule has 0 aromatic heterocycles. The Morgan fingerprint density at radius 3 is 2.52 bits per heavy atom. The normalized spacial score (nSPS) is 10.2. The number of hydrogen-bond acceptors (Lipinski definition) is 5. The highest BCUT2D eigenvalue weighted by molar-refractivity contribution is 7.98. The second kappa shape index (κ2) is 7.69. The highest BCUT2D eigenvalue weighted by Crippen LogP contribution is 2.19. The molecule has 0 radical (unpaired) electrons. The molecule has 0 bridgehead atoms.